The van der Waals surface area contributed by atoms with Gasteiger partial charge in [0.25, 0.3) is 0 Å². The van der Waals surface area contributed by atoms with Gasteiger partial charge in [-0.25, -0.2) is 9.13 Å². The molecule has 2 aromatic heterocycles. The molecule has 18 heteroatoms. The Kier molecular flexibility index (Phi) is 9.23. The van der Waals surface area contributed by atoms with Crippen LogP contribution in [-0.4, -0.2) is 0 Å². The smallest absolute Gasteiger partial charge is 0.173 e. The summed E-state index contributed by atoms with van der Waals surface area (Å²) in [6.07, 6.45) is 8.11. The molecule has 0 bridgehead atoms. The third-order valence-corrected chi connectivity index (χ3v) is 4.44. The van der Waals surface area contributed by atoms with Gasteiger partial charge in [0.1, 0.15) is 0 Å². The Balaban J connectivity index is 0.000000367. The molecule has 2 aromatic carbocycles. The van der Waals surface area contributed by atoms with Crippen molar-refractivity contribution in [1.29, 1.82) is 0 Å². The van der Waals surface area contributed by atoms with Crippen molar-refractivity contribution in [2.24, 2.45) is 10.2 Å². The maximum absolute atomic E-state index is 10.7. The molecule has 0 fully saturated rings. The molecule has 0 unspecified atom stereocenters. The molecule has 0 amide bonds. The van der Waals surface area contributed by atoms with E-state index >= 15 is 0 Å². The predicted molar refractivity (Wildman–Crippen MR) is 136 cm³/mol. The van der Waals surface area contributed by atoms with E-state index in [1.807, 2.05) is 61.2 Å². The molecule has 42 heavy (non-hydrogen) atoms. The first-order chi connectivity index (χ1) is 18.7. The average Bonchev–Trinajstić information content (AvgIpc) is 2.82. The van der Waals surface area contributed by atoms with Crippen LogP contribution in [0, 0.1) is 0 Å². The zero-order valence-electron chi connectivity index (χ0n) is 21.0. The van der Waals surface area contributed by atoms with Gasteiger partial charge in [-0.15, -0.1) is 0 Å². The minimum absolute atomic E-state index is 0.838. The van der Waals surface area contributed by atoms with Gasteiger partial charge < -0.3 is 0 Å². The number of aromatic nitrogens is 2. The molecule has 0 saturated heterocycles. The number of halogens is 12. The van der Waals surface area contributed by atoms with Crippen molar-refractivity contribution >= 4 is 27.0 Å². The van der Waals surface area contributed by atoms with Crippen LogP contribution in [0.2, 0.25) is 0 Å². The first kappa shape index (κ1) is 34.6. The third-order valence-electron chi connectivity index (χ3n) is 4.44. The molecule has 0 aliphatic carbocycles. The zero-order valence-corrected chi connectivity index (χ0v) is 22.8. The van der Waals surface area contributed by atoms with Gasteiger partial charge in [-0.1, -0.05) is 60.7 Å². The summed E-state index contributed by atoms with van der Waals surface area (Å²) in [4.78, 5) is 0. The Labute approximate surface area is 231 Å². The molecule has 4 nitrogen and oxygen atoms in total. The van der Waals surface area contributed by atoms with Crippen LogP contribution in [0.15, 0.2) is 120 Å². The first-order valence-electron chi connectivity index (χ1n) is 11.4. The van der Waals surface area contributed by atoms with Gasteiger partial charge in [0, 0.05) is 35.4 Å². The fourth-order valence-corrected chi connectivity index (χ4v) is 2.95. The monoisotopic (exact) mass is 656 g/mol. The second-order valence-corrected chi connectivity index (χ2v) is 12.4. The van der Waals surface area contributed by atoms with Crippen LogP contribution >= 0.6 is 15.6 Å². The molecule has 232 valence electrons. The van der Waals surface area contributed by atoms with Gasteiger partial charge in [0.05, 0.1) is 11.4 Å². The standard InChI is InChI=1S/C24H22N4.2F6P/c1-3-7-21(8-4-1)19-27-15-11-23(12-16-27)25-26-24-13-17-28(18-14-24)20-22-9-5-2-6-10-22;2*1-7(2,3,4,5)6/h1-18H,19-20H2;;/q+2;2*-1. The van der Waals surface area contributed by atoms with E-state index in [0.29, 0.717) is 0 Å². The number of rotatable bonds is 6. The fourth-order valence-electron chi connectivity index (χ4n) is 2.95. The number of pyridine rings is 2. The van der Waals surface area contributed by atoms with E-state index in [0.717, 1.165) is 24.5 Å². The molecule has 0 aliphatic heterocycles. The molecular weight excluding hydrogens is 634 g/mol. The number of nitrogens with zero attached hydrogens (tertiary/aromatic N) is 4. The molecule has 4 rings (SSSR count). The van der Waals surface area contributed by atoms with Crippen LogP contribution in [0.4, 0.5) is 61.7 Å². The number of benzene rings is 2. The van der Waals surface area contributed by atoms with E-state index in [9.17, 15) is 50.4 Å². The Morgan fingerprint density at radius 1 is 0.405 bits per heavy atom. The Morgan fingerprint density at radius 3 is 0.881 bits per heavy atom. The van der Waals surface area contributed by atoms with Crippen molar-refractivity contribution in [2.75, 3.05) is 0 Å². The van der Waals surface area contributed by atoms with Crippen molar-refractivity contribution in [1.82, 2.24) is 0 Å². The molecule has 4 aromatic rings. The Bertz CT molecular complexity index is 1330. The van der Waals surface area contributed by atoms with Crippen LogP contribution in [-0.2, 0) is 13.1 Å². The van der Waals surface area contributed by atoms with Crippen LogP contribution in [0.25, 0.3) is 0 Å². The third kappa shape index (κ3) is 22.1. The predicted octanol–water partition coefficient (Wildman–Crippen LogP) is 11.5. The minimum atomic E-state index is -10.7. The maximum atomic E-state index is 9.87. The quantitative estimate of drug-likeness (QED) is 0.0857. The van der Waals surface area contributed by atoms with Gasteiger partial charge in [0.15, 0.2) is 37.9 Å². The summed E-state index contributed by atoms with van der Waals surface area (Å²) in [6, 6.07) is 28.7. The topological polar surface area (TPSA) is 32.5 Å². The van der Waals surface area contributed by atoms with Crippen molar-refractivity contribution in [3.63, 3.8) is 0 Å². The first-order valence-corrected chi connectivity index (χ1v) is 15.4. The van der Waals surface area contributed by atoms with Crippen LogP contribution in [0.1, 0.15) is 11.1 Å². The molecule has 0 saturated carbocycles. The van der Waals surface area contributed by atoms with Gasteiger partial charge in [0.2, 0.25) is 0 Å². The zero-order chi connectivity index (χ0) is 31.8. The van der Waals surface area contributed by atoms with Crippen molar-refractivity contribution in [2.45, 2.75) is 13.1 Å². The van der Waals surface area contributed by atoms with Crippen LogP contribution in [0.3, 0.4) is 0 Å². The SMILES string of the molecule is F[P-](F)(F)(F)(F)F.F[P-](F)(F)(F)(F)F.c1ccc(C[n+]2ccc(N=Nc3cc[n+](Cc4ccccc4)cc3)cc2)cc1. The largest absolute Gasteiger partial charge is 0.201 e. The van der Waals surface area contributed by atoms with Crippen molar-refractivity contribution in [3.8, 4) is 0 Å². The van der Waals surface area contributed by atoms with E-state index in [1.165, 1.54) is 11.1 Å². The molecule has 0 spiro atoms. The van der Waals surface area contributed by atoms with Gasteiger partial charge in [-0.2, -0.15) is 10.2 Å². The number of hydrogen-bond donors (Lipinski definition) is 0. The molecule has 0 atom stereocenters. The summed E-state index contributed by atoms with van der Waals surface area (Å²) in [5.74, 6) is 0. The van der Waals surface area contributed by atoms with E-state index in [1.54, 1.807) is 0 Å². The second-order valence-electron chi connectivity index (χ2n) is 8.55. The normalized spacial score (nSPS) is 15.0. The van der Waals surface area contributed by atoms with E-state index < -0.39 is 15.6 Å². The van der Waals surface area contributed by atoms with Crippen LogP contribution < -0.4 is 9.13 Å². The number of hydrogen-bond acceptors (Lipinski definition) is 2. The average molecular weight is 656 g/mol. The molecule has 0 aliphatic rings. The summed E-state index contributed by atoms with van der Waals surface area (Å²) in [5.41, 5.74) is 4.22. The molecular formula is C24H22F12N4P2. The van der Waals surface area contributed by atoms with Gasteiger partial charge in [-0.05, 0) is 0 Å². The minimum Gasteiger partial charge on any atom is -0.201 e. The molecule has 0 N–H and O–H groups in total. The van der Waals surface area contributed by atoms with Crippen molar-refractivity contribution in [3.05, 3.63) is 121 Å². The maximum Gasteiger partial charge on any atom is 0.173 e. The fraction of sp³-hybridized carbons (Fsp3) is 0.0833. The number of azo groups is 1. The molecule has 2 heterocycles. The van der Waals surface area contributed by atoms with E-state index in [2.05, 4.69) is 67.9 Å². The van der Waals surface area contributed by atoms with Gasteiger partial charge >= 0.3 is 66.0 Å². The molecule has 0 radical (unpaired) electrons. The summed E-state index contributed by atoms with van der Waals surface area (Å²) >= 11 is 0. The van der Waals surface area contributed by atoms with Crippen molar-refractivity contribution < 1.29 is 59.5 Å². The Hall–Kier alpha value is -3.64. The summed E-state index contributed by atoms with van der Waals surface area (Å²) in [7, 11) is -21.3. The second kappa shape index (κ2) is 11.2. The van der Waals surface area contributed by atoms with Gasteiger partial charge in [-0.3, -0.25) is 0 Å². The summed E-state index contributed by atoms with van der Waals surface area (Å²) in [5, 5.41) is 8.68. The summed E-state index contributed by atoms with van der Waals surface area (Å²) < 4.78 is 123. The summed E-state index contributed by atoms with van der Waals surface area (Å²) in [6.45, 7) is 1.69. The Morgan fingerprint density at radius 2 is 0.643 bits per heavy atom. The van der Waals surface area contributed by atoms with Crippen LogP contribution in [0.5, 0.6) is 0 Å². The van der Waals surface area contributed by atoms with E-state index in [-0.39, 0.29) is 0 Å². The van der Waals surface area contributed by atoms with E-state index in [4.69, 9.17) is 0 Å².